The van der Waals surface area contributed by atoms with Gasteiger partial charge in [-0.2, -0.15) is 0 Å². The summed E-state index contributed by atoms with van der Waals surface area (Å²) in [5, 5.41) is -1.52. The quantitative estimate of drug-likeness (QED) is 0.588. The van der Waals surface area contributed by atoms with Crippen LogP contribution >= 0.6 is 11.6 Å². The lowest BCUT2D eigenvalue weighted by Gasteiger charge is -2.10. The van der Waals surface area contributed by atoms with E-state index in [9.17, 15) is 4.39 Å². The highest BCUT2D eigenvalue weighted by Crippen LogP contribution is 2.62. The van der Waals surface area contributed by atoms with Crippen LogP contribution in [0.3, 0.4) is 0 Å². The molecule has 0 N–H and O–H groups in total. The van der Waals surface area contributed by atoms with Crippen molar-refractivity contribution in [2.75, 3.05) is 0 Å². The van der Waals surface area contributed by atoms with E-state index in [2.05, 4.69) is 0 Å². The highest BCUT2D eigenvalue weighted by Gasteiger charge is 2.66. The van der Waals surface area contributed by atoms with E-state index in [1.807, 2.05) is 37.3 Å². The molecule has 1 fully saturated rings. The molecule has 12 heavy (non-hydrogen) atoms. The average Bonchev–Trinajstić information content (AvgIpc) is 2.55. The van der Waals surface area contributed by atoms with Crippen molar-refractivity contribution in [2.45, 2.75) is 23.9 Å². The molecule has 1 aliphatic rings. The minimum absolute atomic E-state index is 0.422. The Bertz CT molecular complexity index is 294. The Morgan fingerprint density at radius 1 is 1.33 bits per heavy atom. The Morgan fingerprint density at radius 3 is 2.25 bits per heavy atom. The first-order chi connectivity index (χ1) is 5.56. The molecule has 0 nitrogen and oxygen atoms in total. The maximum atomic E-state index is 13.3. The van der Waals surface area contributed by atoms with Crippen molar-refractivity contribution >= 4 is 11.6 Å². The van der Waals surface area contributed by atoms with E-state index in [4.69, 9.17) is 11.6 Å². The summed E-state index contributed by atoms with van der Waals surface area (Å²) in [5.41, 5.74) is 0.526. The molecule has 0 aromatic heterocycles. The predicted octanol–water partition coefficient (Wildman–Crippen LogP) is 3.25. The van der Waals surface area contributed by atoms with Crippen LogP contribution in [0.1, 0.15) is 18.9 Å². The second kappa shape index (κ2) is 2.23. The summed E-state index contributed by atoms with van der Waals surface area (Å²) in [7, 11) is 0. The molecule has 2 rings (SSSR count). The van der Waals surface area contributed by atoms with E-state index >= 15 is 0 Å². The second-order valence-corrected chi connectivity index (χ2v) is 4.18. The molecule has 0 amide bonds. The fourth-order valence-electron chi connectivity index (χ4n) is 1.52. The van der Waals surface area contributed by atoms with Gasteiger partial charge in [0.05, 0.1) is 0 Å². The first kappa shape index (κ1) is 8.06. The number of halogens is 2. The van der Waals surface area contributed by atoms with Gasteiger partial charge in [-0.05, 0) is 5.56 Å². The van der Waals surface area contributed by atoms with Gasteiger partial charge < -0.3 is 0 Å². The number of hydrogen-bond donors (Lipinski definition) is 0. The molecule has 1 aliphatic carbocycles. The molecule has 1 aromatic carbocycles. The normalized spacial score (nSPS) is 39.6. The van der Waals surface area contributed by atoms with Crippen molar-refractivity contribution in [1.29, 1.82) is 0 Å². The molecule has 1 saturated carbocycles. The topological polar surface area (TPSA) is 0 Å². The monoisotopic (exact) mass is 184 g/mol. The largest absolute Gasteiger partial charge is 0.225 e. The molecule has 0 unspecified atom stereocenters. The zero-order valence-electron chi connectivity index (χ0n) is 6.85. The average molecular weight is 185 g/mol. The lowest BCUT2D eigenvalue weighted by atomic mass is 9.98. The zero-order valence-corrected chi connectivity index (χ0v) is 7.61. The van der Waals surface area contributed by atoms with Gasteiger partial charge in [-0.15, -0.1) is 0 Å². The van der Waals surface area contributed by atoms with Crippen molar-refractivity contribution in [1.82, 2.24) is 0 Å². The minimum atomic E-state index is -1.52. The highest BCUT2D eigenvalue weighted by molar-refractivity contribution is 6.26. The van der Waals surface area contributed by atoms with Gasteiger partial charge >= 0.3 is 0 Å². The summed E-state index contributed by atoms with van der Waals surface area (Å²) in [4.78, 5) is 0. The summed E-state index contributed by atoms with van der Waals surface area (Å²) in [5.74, 6) is 0. The Labute approximate surface area is 76.4 Å². The molecule has 64 valence electrons. The van der Waals surface area contributed by atoms with E-state index in [0.717, 1.165) is 5.56 Å². The van der Waals surface area contributed by atoms with E-state index < -0.39 is 10.5 Å². The molecular weight excluding hydrogens is 175 g/mol. The Hall–Kier alpha value is -0.560. The lowest BCUT2D eigenvalue weighted by molar-refractivity contribution is 0.382. The van der Waals surface area contributed by atoms with Crippen molar-refractivity contribution in [3.8, 4) is 0 Å². The van der Waals surface area contributed by atoms with Crippen LogP contribution < -0.4 is 0 Å². The minimum Gasteiger partial charge on any atom is -0.225 e. The van der Waals surface area contributed by atoms with Gasteiger partial charge in [-0.3, -0.25) is 0 Å². The molecule has 0 radical (unpaired) electrons. The van der Waals surface area contributed by atoms with Crippen LogP contribution in [0.4, 0.5) is 4.39 Å². The van der Waals surface area contributed by atoms with E-state index in [1.165, 1.54) is 0 Å². The van der Waals surface area contributed by atoms with Crippen LogP contribution in [-0.2, 0) is 5.41 Å². The first-order valence-corrected chi connectivity index (χ1v) is 4.37. The predicted molar refractivity (Wildman–Crippen MR) is 48.1 cm³/mol. The summed E-state index contributed by atoms with van der Waals surface area (Å²) >= 11 is 5.62. The summed E-state index contributed by atoms with van der Waals surface area (Å²) < 4.78 is 13.3. The van der Waals surface area contributed by atoms with Crippen molar-refractivity contribution in [2.24, 2.45) is 0 Å². The summed E-state index contributed by atoms with van der Waals surface area (Å²) in [6.07, 6.45) is 0.422. The second-order valence-electron chi connectivity index (χ2n) is 3.58. The number of alkyl halides is 2. The molecule has 0 aliphatic heterocycles. The SMILES string of the molecule is C[C@]1(c2ccccc2)C[C@]1(F)Cl. The number of hydrogen-bond acceptors (Lipinski definition) is 0. The molecule has 0 heterocycles. The van der Waals surface area contributed by atoms with Crippen molar-refractivity contribution < 1.29 is 4.39 Å². The van der Waals surface area contributed by atoms with E-state index in [-0.39, 0.29) is 0 Å². The molecule has 1 aromatic rings. The highest BCUT2D eigenvalue weighted by atomic mass is 35.5. The third-order valence-corrected chi connectivity index (χ3v) is 3.22. The van der Waals surface area contributed by atoms with Crippen LogP contribution in [0.15, 0.2) is 30.3 Å². The summed E-state index contributed by atoms with van der Waals surface area (Å²) in [6.45, 7) is 1.86. The zero-order chi connectivity index (χ0) is 8.82. The Balaban J connectivity index is 2.35. The molecule has 0 spiro atoms. The molecule has 0 saturated heterocycles. The Kier molecular flexibility index (Phi) is 1.50. The number of rotatable bonds is 1. The van der Waals surface area contributed by atoms with Gasteiger partial charge in [-0.25, -0.2) is 4.39 Å². The van der Waals surface area contributed by atoms with Crippen LogP contribution in [0.2, 0.25) is 0 Å². The van der Waals surface area contributed by atoms with Gasteiger partial charge in [0.25, 0.3) is 0 Å². The van der Waals surface area contributed by atoms with Gasteiger partial charge in [0.2, 0.25) is 0 Å². The standard InChI is InChI=1S/C10H10ClF/c1-9(7-10(9,11)12)8-5-3-2-4-6-8/h2-6H,7H2,1H3/t9-,10-/m1/s1. The molecule has 2 heteroatoms. The molecule has 0 bridgehead atoms. The van der Waals surface area contributed by atoms with Gasteiger partial charge in [-0.1, -0.05) is 48.9 Å². The fourth-order valence-corrected chi connectivity index (χ4v) is 1.90. The van der Waals surface area contributed by atoms with Gasteiger partial charge in [0.15, 0.2) is 5.13 Å². The van der Waals surface area contributed by atoms with Crippen LogP contribution in [0, 0.1) is 0 Å². The summed E-state index contributed by atoms with van der Waals surface area (Å²) in [6, 6.07) is 9.58. The fraction of sp³-hybridized carbons (Fsp3) is 0.400. The Morgan fingerprint density at radius 2 is 1.83 bits per heavy atom. The maximum Gasteiger partial charge on any atom is 0.194 e. The maximum absolute atomic E-state index is 13.3. The van der Waals surface area contributed by atoms with E-state index in [0.29, 0.717) is 6.42 Å². The third kappa shape index (κ3) is 0.962. The number of benzene rings is 1. The molecular formula is C10H10ClF. The lowest BCUT2D eigenvalue weighted by Crippen LogP contribution is -2.09. The molecule has 2 atom stereocenters. The van der Waals surface area contributed by atoms with Gasteiger partial charge in [0, 0.05) is 11.8 Å². The van der Waals surface area contributed by atoms with Crippen LogP contribution in [0.5, 0.6) is 0 Å². The van der Waals surface area contributed by atoms with Gasteiger partial charge in [0.1, 0.15) is 0 Å². The third-order valence-electron chi connectivity index (χ3n) is 2.67. The van der Waals surface area contributed by atoms with E-state index in [1.54, 1.807) is 0 Å². The first-order valence-electron chi connectivity index (χ1n) is 4.00. The van der Waals surface area contributed by atoms with Crippen molar-refractivity contribution in [3.05, 3.63) is 35.9 Å². The van der Waals surface area contributed by atoms with Crippen LogP contribution in [-0.4, -0.2) is 5.13 Å². The smallest absolute Gasteiger partial charge is 0.194 e. The van der Waals surface area contributed by atoms with Crippen molar-refractivity contribution in [3.63, 3.8) is 0 Å². The van der Waals surface area contributed by atoms with Crippen LogP contribution in [0.25, 0.3) is 0 Å².